The lowest BCUT2D eigenvalue weighted by Gasteiger charge is -2.25. The van der Waals surface area contributed by atoms with Crippen molar-refractivity contribution in [2.75, 3.05) is 20.1 Å². The van der Waals surface area contributed by atoms with E-state index >= 15 is 4.39 Å². The number of allylic oxidation sites excluding steroid dienone is 9. The monoisotopic (exact) mass is 543 g/mol. The van der Waals surface area contributed by atoms with Crippen LogP contribution >= 0.6 is 11.8 Å². The lowest BCUT2D eigenvalue weighted by atomic mass is 9.81. The van der Waals surface area contributed by atoms with Gasteiger partial charge in [-0.15, -0.1) is 5.73 Å². The highest BCUT2D eigenvalue weighted by Gasteiger charge is 2.24. The van der Waals surface area contributed by atoms with Gasteiger partial charge in [-0.25, -0.2) is 4.39 Å². The highest BCUT2D eigenvalue weighted by Crippen LogP contribution is 2.39. The Morgan fingerprint density at radius 1 is 1.26 bits per heavy atom. The fraction of sp³-hybridized carbons (Fsp3) is 0.382. The van der Waals surface area contributed by atoms with E-state index in [1.807, 2.05) is 46.8 Å². The van der Waals surface area contributed by atoms with Crippen LogP contribution in [0.3, 0.4) is 0 Å². The molecule has 1 aromatic carbocycles. The zero-order valence-corrected chi connectivity index (χ0v) is 25.4. The van der Waals surface area contributed by atoms with Gasteiger partial charge in [-0.2, -0.15) is 5.26 Å². The molecule has 0 spiro atoms. The average molecular weight is 544 g/mol. The van der Waals surface area contributed by atoms with Crippen molar-refractivity contribution >= 4 is 23.0 Å². The van der Waals surface area contributed by atoms with Crippen molar-refractivity contribution in [2.24, 2.45) is 16.8 Å². The number of nitriles is 1. The van der Waals surface area contributed by atoms with Crippen molar-refractivity contribution in [3.05, 3.63) is 104 Å². The van der Waals surface area contributed by atoms with Gasteiger partial charge < -0.3 is 5.32 Å². The first kappa shape index (κ1) is 32.1. The van der Waals surface area contributed by atoms with Gasteiger partial charge in [-0.1, -0.05) is 80.3 Å². The van der Waals surface area contributed by atoms with Crippen molar-refractivity contribution in [1.29, 1.82) is 5.26 Å². The highest BCUT2D eigenvalue weighted by atomic mass is 32.2. The smallest absolute Gasteiger partial charge is 0.131 e. The number of hydrogen-bond donors (Lipinski definition) is 1. The quantitative estimate of drug-likeness (QED) is 0.146. The van der Waals surface area contributed by atoms with Gasteiger partial charge in [0.15, 0.2) is 0 Å². The van der Waals surface area contributed by atoms with E-state index in [0.29, 0.717) is 16.4 Å². The maximum Gasteiger partial charge on any atom is 0.131 e. The van der Waals surface area contributed by atoms with Gasteiger partial charge >= 0.3 is 0 Å². The summed E-state index contributed by atoms with van der Waals surface area (Å²) in [6.07, 6.45) is 6.26. The number of hydrogen-bond acceptors (Lipinski definition) is 4. The van der Waals surface area contributed by atoms with Gasteiger partial charge in [0.05, 0.1) is 4.91 Å². The van der Waals surface area contributed by atoms with E-state index < -0.39 is 0 Å². The Bertz CT molecular complexity index is 1320. The Kier molecular flexibility index (Phi) is 12.7. The fourth-order valence-corrected chi connectivity index (χ4v) is 5.44. The molecule has 206 valence electrons. The minimum absolute atomic E-state index is 0.190. The molecule has 1 aromatic rings. The van der Waals surface area contributed by atoms with Crippen LogP contribution in [0.15, 0.2) is 98.0 Å². The van der Waals surface area contributed by atoms with E-state index in [-0.39, 0.29) is 11.7 Å². The standard InChI is InChI=1S/C34H42FN3S/c1-10-31(39-32(20-36)22(2)3)25(7)19-29(28-15-11-12-16-30(28)35)34(26(8)37-9)33(23(4)5)27-14-13-17-38-21-24(6)18-27/h11-12,15-16,18-19,24-25,38H,1,4,13-14,17,21H2,2-3,5-9H3/b27-18-,29-19-,34-33-,37-26?/t24-,25?/m1/s1. The minimum Gasteiger partial charge on any atom is -0.316 e. The first-order valence-corrected chi connectivity index (χ1v) is 14.2. The summed E-state index contributed by atoms with van der Waals surface area (Å²) >= 11 is 1.36. The SMILES string of the molecule is C=C=C(SC(C#N)=C(C)C)C(C)\C=C(/C(C(C)=NC)=C(C(=C)C)\C1=C/[C@@H](C)CNCCC1)c1ccccc1F. The Morgan fingerprint density at radius 3 is 2.51 bits per heavy atom. The van der Waals surface area contributed by atoms with Crippen LogP contribution in [-0.2, 0) is 0 Å². The Morgan fingerprint density at radius 2 is 1.95 bits per heavy atom. The largest absolute Gasteiger partial charge is 0.316 e. The summed E-state index contributed by atoms with van der Waals surface area (Å²) < 4.78 is 15.5. The molecular weight excluding hydrogens is 501 g/mol. The van der Waals surface area contributed by atoms with Crippen molar-refractivity contribution < 1.29 is 4.39 Å². The molecule has 1 aliphatic heterocycles. The normalized spacial score (nSPS) is 19.3. The molecule has 0 radical (unpaired) electrons. The van der Waals surface area contributed by atoms with E-state index in [2.05, 4.69) is 54.3 Å². The van der Waals surface area contributed by atoms with Gasteiger partial charge in [-0.05, 0) is 75.8 Å². The molecular formula is C34H42FN3S. The van der Waals surface area contributed by atoms with Crippen LogP contribution in [0.2, 0.25) is 0 Å². The Hall–Kier alpha value is -3.16. The first-order valence-electron chi connectivity index (χ1n) is 13.4. The summed E-state index contributed by atoms with van der Waals surface area (Å²) in [6.45, 7) is 22.2. The summed E-state index contributed by atoms with van der Waals surface area (Å²) in [5.41, 5.74) is 10.1. The van der Waals surface area contributed by atoms with Gasteiger partial charge in [0.2, 0.25) is 0 Å². The molecule has 5 heteroatoms. The van der Waals surface area contributed by atoms with Crippen LogP contribution in [0.5, 0.6) is 0 Å². The van der Waals surface area contributed by atoms with E-state index in [1.165, 1.54) is 23.4 Å². The van der Waals surface area contributed by atoms with Crippen LogP contribution in [0, 0.1) is 29.0 Å². The average Bonchev–Trinajstić information content (AvgIpc) is 2.88. The summed E-state index contributed by atoms with van der Waals surface area (Å²) in [4.78, 5) is 6.02. The van der Waals surface area contributed by atoms with Crippen LogP contribution in [0.25, 0.3) is 5.57 Å². The number of nitrogens with one attached hydrogen (secondary N) is 1. The molecule has 0 aromatic heterocycles. The third-order valence-corrected chi connectivity index (χ3v) is 8.09. The van der Waals surface area contributed by atoms with Crippen molar-refractivity contribution in [3.8, 4) is 6.07 Å². The molecule has 3 nitrogen and oxygen atoms in total. The van der Waals surface area contributed by atoms with Gasteiger partial charge in [0, 0.05) is 41.3 Å². The van der Waals surface area contributed by atoms with Gasteiger partial charge in [0.1, 0.15) is 11.9 Å². The fourth-order valence-electron chi connectivity index (χ4n) is 4.65. The third-order valence-electron chi connectivity index (χ3n) is 6.65. The van der Waals surface area contributed by atoms with Crippen LogP contribution in [-0.4, -0.2) is 25.8 Å². The van der Waals surface area contributed by atoms with E-state index in [1.54, 1.807) is 13.1 Å². The molecule has 0 fully saturated rings. The molecule has 1 aliphatic rings. The van der Waals surface area contributed by atoms with E-state index in [9.17, 15) is 5.26 Å². The summed E-state index contributed by atoms with van der Waals surface area (Å²) in [7, 11) is 1.77. The van der Waals surface area contributed by atoms with Gasteiger partial charge in [-0.3, -0.25) is 4.99 Å². The lowest BCUT2D eigenvalue weighted by Crippen LogP contribution is -2.24. The predicted octanol–water partition coefficient (Wildman–Crippen LogP) is 8.97. The number of rotatable bonds is 9. The second kappa shape index (κ2) is 15.4. The molecule has 1 unspecified atom stereocenters. The molecule has 0 saturated carbocycles. The van der Waals surface area contributed by atoms with E-state index in [0.717, 1.165) is 64.4 Å². The predicted molar refractivity (Wildman–Crippen MR) is 168 cm³/mol. The van der Waals surface area contributed by atoms with Gasteiger partial charge in [0.25, 0.3) is 0 Å². The van der Waals surface area contributed by atoms with Crippen LogP contribution in [0.1, 0.15) is 59.9 Å². The molecule has 1 N–H and O–H groups in total. The van der Waals surface area contributed by atoms with Crippen molar-refractivity contribution in [3.63, 3.8) is 0 Å². The topological polar surface area (TPSA) is 48.2 Å². The van der Waals surface area contributed by atoms with Crippen molar-refractivity contribution in [1.82, 2.24) is 5.32 Å². The maximum atomic E-state index is 15.5. The van der Waals surface area contributed by atoms with Crippen LogP contribution in [0.4, 0.5) is 4.39 Å². The second-order valence-electron chi connectivity index (χ2n) is 10.2. The number of thioether (sulfide) groups is 1. The van der Waals surface area contributed by atoms with Crippen molar-refractivity contribution in [2.45, 2.75) is 54.4 Å². The third kappa shape index (κ3) is 8.67. The number of nitrogens with zero attached hydrogens (tertiary/aromatic N) is 2. The van der Waals surface area contributed by atoms with Crippen LogP contribution < -0.4 is 5.32 Å². The molecule has 39 heavy (non-hydrogen) atoms. The zero-order valence-electron chi connectivity index (χ0n) is 24.5. The molecule has 2 atom stereocenters. The lowest BCUT2D eigenvalue weighted by molar-refractivity contribution is 0.558. The first-order chi connectivity index (χ1) is 18.5. The number of benzene rings is 1. The van der Waals surface area contributed by atoms with E-state index in [4.69, 9.17) is 0 Å². The molecule has 0 aliphatic carbocycles. The number of aliphatic imine (C=N–C) groups is 1. The summed E-state index contributed by atoms with van der Waals surface area (Å²) in [5.74, 6) is -0.151. The zero-order chi connectivity index (χ0) is 29.1. The molecule has 1 heterocycles. The number of halogens is 1. The molecule has 0 amide bonds. The second-order valence-corrected chi connectivity index (χ2v) is 11.3. The summed E-state index contributed by atoms with van der Waals surface area (Å²) in [6, 6.07) is 9.14. The molecule has 0 bridgehead atoms. The summed E-state index contributed by atoms with van der Waals surface area (Å²) in [5, 5.41) is 13.2. The Labute approximate surface area is 239 Å². The molecule has 2 rings (SSSR count). The Balaban J connectivity index is 2.96. The highest BCUT2D eigenvalue weighted by molar-refractivity contribution is 8.07. The molecule has 0 saturated heterocycles. The maximum absolute atomic E-state index is 15.5. The minimum atomic E-state index is -0.304.